The Morgan fingerprint density at radius 3 is 2.41 bits per heavy atom. The van der Waals surface area contributed by atoms with E-state index < -0.39 is 10.0 Å². The Morgan fingerprint density at radius 2 is 1.70 bits per heavy atom. The molecule has 1 N–H and O–H groups in total. The number of sulfonamides is 1. The van der Waals surface area contributed by atoms with Crippen LogP contribution in [0.5, 0.6) is 0 Å². The SMILES string of the molecule is Cn1c(CNCc2ccc(S(=O)(=O)N3CCCC3)cc2)nc2ccccc21. The molecule has 0 atom stereocenters. The molecule has 1 aliphatic rings. The molecule has 6 nitrogen and oxygen atoms in total. The van der Waals surface area contributed by atoms with Crippen LogP contribution in [-0.2, 0) is 30.2 Å². The highest BCUT2D eigenvalue weighted by Crippen LogP contribution is 2.21. The number of rotatable bonds is 6. The fourth-order valence-corrected chi connectivity index (χ4v) is 5.05. The Labute approximate surface area is 159 Å². The van der Waals surface area contributed by atoms with Gasteiger partial charge >= 0.3 is 0 Å². The highest BCUT2D eigenvalue weighted by molar-refractivity contribution is 7.89. The first kappa shape index (κ1) is 18.2. The van der Waals surface area contributed by atoms with Crippen molar-refractivity contribution in [2.24, 2.45) is 7.05 Å². The molecule has 0 aliphatic carbocycles. The lowest BCUT2D eigenvalue weighted by molar-refractivity contribution is 0.477. The lowest BCUT2D eigenvalue weighted by Crippen LogP contribution is -2.27. The van der Waals surface area contributed by atoms with E-state index in [4.69, 9.17) is 0 Å². The lowest BCUT2D eigenvalue weighted by atomic mass is 10.2. The topological polar surface area (TPSA) is 67.2 Å². The number of hydrogen-bond donors (Lipinski definition) is 1. The van der Waals surface area contributed by atoms with Crippen LogP contribution in [0.3, 0.4) is 0 Å². The van der Waals surface area contributed by atoms with Gasteiger partial charge in [0.15, 0.2) is 0 Å². The van der Waals surface area contributed by atoms with Gasteiger partial charge in [-0.05, 0) is 42.7 Å². The van der Waals surface area contributed by atoms with Crippen LogP contribution in [0.15, 0.2) is 53.4 Å². The summed E-state index contributed by atoms with van der Waals surface area (Å²) in [5.41, 5.74) is 3.16. The molecule has 0 saturated carbocycles. The number of benzene rings is 2. The molecule has 0 radical (unpaired) electrons. The van der Waals surface area contributed by atoms with Crippen molar-refractivity contribution in [3.05, 3.63) is 59.9 Å². The zero-order valence-corrected chi connectivity index (χ0v) is 16.2. The van der Waals surface area contributed by atoms with E-state index in [1.807, 2.05) is 37.4 Å². The summed E-state index contributed by atoms with van der Waals surface area (Å²) in [6, 6.07) is 15.3. The van der Waals surface area contributed by atoms with Crippen molar-refractivity contribution in [1.82, 2.24) is 19.2 Å². The minimum atomic E-state index is -3.34. The third kappa shape index (κ3) is 3.63. The maximum Gasteiger partial charge on any atom is 0.243 e. The van der Waals surface area contributed by atoms with Gasteiger partial charge in [-0.25, -0.2) is 13.4 Å². The summed E-state index contributed by atoms with van der Waals surface area (Å²) in [7, 11) is -1.32. The number of aryl methyl sites for hydroxylation is 1. The molecular formula is C20H24N4O2S. The van der Waals surface area contributed by atoms with Crippen molar-refractivity contribution in [3.8, 4) is 0 Å². The average Bonchev–Trinajstić information content (AvgIpc) is 3.32. The summed E-state index contributed by atoms with van der Waals surface area (Å²) in [5, 5.41) is 3.39. The maximum atomic E-state index is 12.6. The summed E-state index contributed by atoms with van der Waals surface area (Å²) >= 11 is 0. The Bertz CT molecular complexity index is 1040. The van der Waals surface area contributed by atoms with Crippen LogP contribution in [0.25, 0.3) is 11.0 Å². The first-order chi connectivity index (χ1) is 13.1. The molecule has 7 heteroatoms. The van der Waals surface area contributed by atoms with Gasteiger partial charge in [0.1, 0.15) is 5.82 Å². The van der Waals surface area contributed by atoms with E-state index in [-0.39, 0.29) is 0 Å². The van der Waals surface area contributed by atoms with Crippen LogP contribution >= 0.6 is 0 Å². The summed E-state index contributed by atoms with van der Waals surface area (Å²) in [5.74, 6) is 0.976. The maximum absolute atomic E-state index is 12.6. The van der Waals surface area contributed by atoms with E-state index in [0.29, 0.717) is 31.1 Å². The van der Waals surface area contributed by atoms with Crippen molar-refractivity contribution in [3.63, 3.8) is 0 Å². The Kier molecular flexibility index (Phi) is 4.99. The van der Waals surface area contributed by atoms with Crippen molar-refractivity contribution in [2.75, 3.05) is 13.1 Å². The predicted molar refractivity (Wildman–Crippen MR) is 106 cm³/mol. The van der Waals surface area contributed by atoms with Crippen LogP contribution in [0.1, 0.15) is 24.2 Å². The third-order valence-corrected chi connectivity index (χ3v) is 7.03. The Balaban J connectivity index is 1.39. The zero-order valence-electron chi connectivity index (χ0n) is 15.4. The molecular weight excluding hydrogens is 360 g/mol. The first-order valence-corrected chi connectivity index (χ1v) is 10.7. The normalized spacial score (nSPS) is 15.6. The number of nitrogens with zero attached hydrogens (tertiary/aromatic N) is 3. The molecule has 142 valence electrons. The van der Waals surface area contributed by atoms with E-state index in [1.54, 1.807) is 16.4 Å². The number of hydrogen-bond acceptors (Lipinski definition) is 4. The van der Waals surface area contributed by atoms with Gasteiger partial charge in [0.2, 0.25) is 10.0 Å². The van der Waals surface area contributed by atoms with Crippen molar-refractivity contribution in [2.45, 2.75) is 30.8 Å². The van der Waals surface area contributed by atoms with Gasteiger partial charge in [0, 0.05) is 26.7 Å². The smallest absolute Gasteiger partial charge is 0.243 e. The van der Waals surface area contributed by atoms with Crippen LogP contribution in [0.4, 0.5) is 0 Å². The van der Waals surface area contributed by atoms with Crippen LogP contribution in [-0.4, -0.2) is 35.4 Å². The summed E-state index contributed by atoms with van der Waals surface area (Å²) in [6.45, 7) is 2.57. The number of aromatic nitrogens is 2. The fraction of sp³-hybridized carbons (Fsp3) is 0.350. The largest absolute Gasteiger partial charge is 0.330 e. The number of nitrogens with one attached hydrogen (secondary N) is 1. The molecule has 1 aliphatic heterocycles. The summed E-state index contributed by atoms with van der Waals surface area (Å²) in [6.07, 6.45) is 1.90. The molecule has 4 rings (SSSR count). The molecule has 0 spiro atoms. The number of imidazole rings is 1. The quantitative estimate of drug-likeness (QED) is 0.709. The molecule has 1 aromatic heterocycles. The van der Waals surface area contributed by atoms with E-state index in [0.717, 1.165) is 35.3 Å². The second-order valence-electron chi connectivity index (χ2n) is 6.93. The zero-order chi connectivity index (χ0) is 18.9. The number of para-hydroxylation sites is 2. The van der Waals surface area contributed by atoms with E-state index in [9.17, 15) is 8.42 Å². The molecule has 3 aromatic rings. The minimum absolute atomic E-state index is 0.378. The molecule has 0 amide bonds. The third-order valence-electron chi connectivity index (χ3n) is 5.12. The van der Waals surface area contributed by atoms with E-state index in [2.05, 4.69) is 20.9 Å². The van der Waals surface area contributed by atoms with Gasteiger partial charge in [-0.1, -0.05) is 24.3 Å². The Hall–Kier alpha value is -2.22. The van der Waals surface area contributed by atoms with E-state index in [1.165, 1.54) is 0 Å². The molecule has 2 aromatic carbocycles. The highest BCUT2D eigenvalue weighted by Gasteiger charge is 2.26. The summed E-state index contributed by atoms with van der Waals surface area (Å²) in [4.78, 5) is 5.03. The molecule has 0 bridgehead atoms. The predicted octanol–water partition coefficient (Wildman–Crippen LogP) is 2.65. The van der Waals surface area contributed by atoms with Crippen molar-refractivity contribution < 1.29 is 8.42 Å². The molecule has 2 heterocycles. The number of fused-ring (bicyclic) bond motifs is 1. The van der Waals surface area contributed by atoms with Crippen LogP contribution < -0.4 is 5.32 Å². The Morgan fingerprint density at radius 1 is 1.00 bits per heavy atom. The molecule has 27 heavy (non-hydrogen) atoms. The van der Waals surface area contributed by atoms with Crippen LogP contribution in [0, 0.1) is 0 Å². The molecule has 1 saturated heterocycles. The monoisotopic (exact) mass is 384 g/mol. The lowest BCUT2D eigenvalue weighted by Gasteiger charge is -2.15. The second-order valence-corrected chi connectivity index (χ2v) is 8.87. The van der Waals surface area contributed by atoms with Gasteiger partial charge in [0.25, 0.3) is 0 Å². The second kappa shape index (κ2) is 7.42. The van der Waals surface area contributed by atoms with Gasteiger partial charge in [-0.2, -0.15) is 4.31 Å². The fourth-order valence-electron chi connectivity index (χ4n) is 3.53. The van der Waals surface area contributed by atoms with Crippen LogP contribution in [0.2, 0.25) is 0 Å². The van der Waals surface area contributed by atoms with E-state index >= 15 is 0 Å². The minimum Gasteiger partial charge on any atom is -0.330 e. The standard InChI is InChI=1S/C20H24N4O2S/c1-23-19-7-3-2-6-18(19)22-20(23)15-21-14-16-8-10-17(11-9-16)27(25,26)24-12-4-5-13-24/h2-3,6-11,21H,4-5,12-15H2,1H3. The average molecular weight is 385 g/mol. The summed E-state index contributed by atoms with van der Waals surface area (Å²) < 4.78 is 28.8. The van der Waals surface area contributed by atoms with Crippen molar-refractivity contribution in [1.29, 1.82) is 0 Å². The highest BCUT2D eigenvalue weighted by atomic mass is 32.2. The molecule has 1 fully saturated rings. The van der Waals surface area contributed by atoms with Gasteiger partial charge in [-0.3, -0.25) is 0 Å². The van der Waals surface area contributed by atoms with Gasteiger partial charge < -0.3 is 9.88 Å². The first-order valence-electron chi connectivity index (χ1n) is 9.26. The molecule has 0 unspecified atom stereocenters. The van der Waals surface area contributed by atoms with Gasteiger partial charge in [0.05, 0.1) is 22.5 Å². The van der Waals surface area contributed by atoms with Crippen molar-refractivity contribution >= 4 is 21.1 Å². The van der Waals surface area contributed by atoms with Gasteiger partial charge in [-0.15, -0.1) is 0 Å².